The molecule has 0 aromatic carbocycles. The van der Waals surface area contributed by atoms with Crippen LogP contribution < -0.4 is 10.8 Å². The molecule has 0 fully saturated rings. The number of urea groups is 1. The molecule has 1 aromatic rings. The highest BCUT2D eigenvalue weighted by Gasteiger charge is 2.03. The summed E-state index contributed by atoms with van der Waals surface area (Å²) in [7, 11) is 6.00. The molecule has 6 heteroatoms. The number of fused-ring (bicyclic) bond motifs is 1. The molecule has 2 amide bonds. The van der Waals surface area contributed by atoms with E-state index in [4.69, 9.17) is 0 Å². The maximum Gasteiger partial charge on any atom is 0.369 e. The van der Waals surface area contributed by atoms with Crippen LogP contribution in [-0.4, -0.2) is 42.0 Å². The quantitative estimate of drug-likeness (QED) is 0.531. The Hall–Kier alpha value is -1.69. The lowest BCUT2D eigenvalue weighted by molar-refractivity contribution is 0.256. The van der Waals surface area contributed by atoms with Crippen molar-refractivity contribution in [2.75, 3.05) is 21.1 Å². The van der Waals surface area contributed by atoms with Crippen LogP contribution in [0, 0.1) is 0 Å². The molecular weight excluding hydrogens is 182 g/mol. The van der Waals surface area contributed by atoms with Gasteiger partial charge in [0, 0.05) is 0 Å². The SMILES string of the molecule is CN(C)C.O=C1N=c2cncnc2=N1. The number of carbonyl (C=O) groups excluding carboxylic acids is 1. The van der Waals surface area contributed by atoms with Gasteiger partial charge in [-0.25, -0.2) is 14.8 Å². The lowest BCUT2D eigenvalue weighted by atomic mass is 10.6. The lowest BCUT2D eigenvalue weighted by Gasteiger charge is -1.90. The average Bonchev–Trinajstić information content (AvgIpc) is 2.42. The Kier molecular flexibility index (Phi) is 3.35. The number of nitrogens with zero attached hydrogens (tertiary/aromatic N) is 5. The van der Waals surface area contributed by atoms with Gasteiger partial charge in [-0.15, -0.1) is 0 Å². The van der Waals surface area contributed by atoms with Gasteiger partial charge >= 0.3 is 6.03 Å². The lowest BCUT2D eigenvalue weighted by Crippen LogP contribution is -2.25. The van der Waals surface area contributed by atoms with Gasteiger partial charge in [0.2, 0.25) is 0 Å². The highest BCUT2D eigenvalue weighted by Crippen LogP contribution is 1.79. The van der Waals surface area contributed by atoms with Crippen molar-refractivity contribution >= 4 is 6.03 Å². The van der Waals surface area contributed by atoms with Crippen LogP contribution in [0.1, 0.15) is 0 Å². The minimum Gasteiger partial charge on any atom is -0.312 e. The average molecular weight is 193 g/mol. The fourth-order valence-corrected chi connectivity index (χ4v) is 0.699. The van der Waals surface area contributed by atoms with Gasteiger partial charge in [0.1, 0.15) is 11.7 Å². The van der Waals surface area contributed by atoms with Gasteiger partial charge in [-0.1, -0.05) is 0 Å². The summed E-state index contributed by atoms with van der Waals surface area (Å²) >= 11 is 0. The highest BCUT2D eigenvalue weighted by atomic mass is 16.2. The molecule has 1 aliphatic rings. The monoisotopic (exact) mass is 193 g/mol. The van der Waals surface area contributed by atoms with Crippen molar-refractivity contribution in [3.05, 3.63) is 23.4 Å². The zero-order chi connectivity index (χ0) is 10.6. The van der Waals surface area contributed by atoms with Gasteiger partial charge < -0.3 is 4.90 Å². The molecule has 1 aromatic heterocycles. The third-order valence-electron chi connectivity index (χ3n) is 1.09. The summed E-state index contributed by atoms with van der Waals surface area (Å²) in [5.41, 5.74) is 0.361. The Morgan fingerprint density at radius 3 is 2.43 bits per heavy atom. The molecule has 74 valence electrons. The van der Waals surface area contributed by atoms with Crippen LogP contribution >= 0.6 is 0 Å². The summed E-state index contributed by atoms with van der Waals surface area (Å²) in [5, 5.41) is 0.451. The van der Waals surface area contributed by atoms with Gasteiger partial charge in [0.05, 0.1) is 6.20 Å². The maximum atomic E-state index is 10.5. The van der Waals surface area contributed by atoms with E-state index in [1.807, 2.05) is 26.0 Å². The molecule has 0 saturated heterocycles. The number of hydrogen-bond acceptors (Lipinski definition) is 4. The largest absolute Gasteiger partial charge is 0.369 e. The van der Waals surface area contributed by atoms with Crippen molar-refractivity contribution < 1.29 is 4.79 Å². The third kappa shape index (κ3) is 2.98. The number of carbonyl (C=O) groups is 1. The molecule has 0 unspecified atom stereocenters. The molecule has 0 aliphatic carbocycles. The summed E-state index contributed by atoms with van der Waals surface area (Å²) in [4.78, 5) is 26.9. The molecular formula is C8H11N5O. The van der Waals surface area contributed by atoms with E-state index < -0.39 is 6.03 Å². The predicted octanol–water partition coefficient (Wildman–Crippen LogP) is -0.973. The first kappa shape index (κ1) is 10.4. The normalized spacial score (nSPS) is 12.4. The van der Waals surface area contributed by atoms with Gasteiger partial charge in [-0.05, 0) is 21.1 Å². The summed E-state index contributed by atoms with van der Waals surface area (Å²) < 4.78 is 0. The molecule has 1 aliphatic heterocycles. The van der Waals surface area contributed by atoms with E-state index in [2.05, 4.69) is 20.0 Å². The summed E-state index contributed by atoms with van der Waals surface area (Å²) in [5.74, 6) is 0. The standard InChI is InChI=1S/C5H2N4O.C3H9N/c10-5-8-3-1-6-2-7-4(3)9-5;1-4(2)3/h1-2H;1-3H3. The molecule has 0 atom stereocenters. The van der Waals surface area contributed by atoms with Crippen molar-refractivity contribution in [1.82, 2.24) is 14.9 Å². The van der Waals surface area contributed by atoms with Crippen molar-refractivity contribution in [1.29, 1.82) is 0 Å². The van der Waals surface area contributed by atoms with Crippen LogP contribution in [0.3, 0.4) is 0 Å². The summed E-state index contributed by atoms with van der Waals surface area (Å²) in [6.45, 7) is 0. The fourth-order valence-electron chi connectivity index (χ4n) is 0.699. The van der Waals surface area contributed by atoms with Gasteiger partial charge in [-0.2, -0.15) is 9.98 Å². The Bertz CT molecular complexity index is 400. The molecule has 0 bridgehead atoms. The van der Waals surface area contributed by atoms with Gasteiger partial charge in [-0.3, -0.25) is 0 Å². The van der Waals surface area contributed by atoms with Crippen molar-refractivity contribution in [2.45, 2.75) is 0 Å². The van der Waals surface area contributed by atoms with E-state index >= 15 is 0 Å². The van der Waals surface area contributed by atoms with E-state index in [-0.39, 0.29) is 0 Å². The maximum absolute atomic E-state index is 10.5. The molecule has 0 radical (unpaired) electrons. The Labute approximate surface area is 81.0 Å². The number of amides is 2. The predicted molar refractivity (Wildman–Crippen MR) is 49.4 cm³/mol. The van der Waals surface area contributed by atoms with Crippen LogP contribution in [0.25, 0.3) is 0 Å². The minimum atomic E-state index is -0.504. The summed E-state index contributed by atoms with van der Waals surface area (Å²) in [6, 6.07) is -0.504. The second-order valence-corrected chi connectivity index (χ2v) is 3.08. The van der Waals surface area contributed by atoms with E-state index in [1.165, 1.54) is 12.5 Å². The second-order valence-electron chi connectivity index (χ2n) is 3.08. The van der Waals surface area contributed by atoms with Crippen molar-refractivity contribution in [3.8, 4) is 0 Å². The fraction of sp³-hybridized carbons (Fsp3) is 0.375. The molecule has 0 spiro atoms. The third-order valence-corrected chi connectivity index (χ3v) is 1.09. The molecule has 14 heavy (non-hydrogen) atoms. The minimum absolute atomic E-state index is 0.361. The van der Waals surface area contributed by atoms with Crippen LogP contribution in [0.2, 0.25) is 0 Å². The smallest absolute Gasteiger partial charge is 0.312 e. The van der Waals surface area contributed by atoms with Crippen LogP contribution in [0.4, 0.5) is 4.79 Å². The van der Waals surface area contributed by atoms with E-state index in [0.717, 1.165) is 0 Å². The molecule has 2 rings (SSSR count). The van der Waals surface area contributed by atoms with Crippen LogP contribution in [0.5, 0.6) is 0 Å². The first-order valence-electron chi connectivity index (χ1n) is 3.98. The van der Waals surface area contributed by atoms with Crippen molar-refractivity contribution in [3.63, 3.8) is 0 Å². The zero-order valence-corrected chi connectivity index (χ0v) is 8.30. The van der Waals surface area contributed by atoms with Crippen LogP contribution in [-0.2, 0) is 0 Å². The number of rotatable bonds is 0. The Morgan fingerprint density at radius 2 is 1.86 bits per heavy atom. The number of hydrogen-bond donors (Lipinski definition) is 0. The van der Waals surface area contributed by atoms with Gasteiger partial charge in [0.15, 0.2) is 5.49 Å². The van der Waals surface area contributed by atoms with E-state index in [1.54, 1.807) is 0 Å². The molecule has 6 nitrogen and oxygen atoms in total. The Morgan fingerprint density at radius 1 is 1.21 bits per heavy atom. The Balaban J connectivity index is 0.000000213. The zero-order valence-electron chi connectivity index (χ0n) is 8.30. The number of aromatic nitrogens is 2. The van der Waals surface area contributed by atoms with Crippen molar-refractivity contribution in [2.24, 2.45) is 9.98 Å². The highest BCUT2D eigenvalue weighted by molar-refractivity contribution is 5.77. The second kappa shape index (κ2) is 4.52. The van der Waals surface area contributed by atoms with E-state index in [9.17, 15) is 4.79 Å². The first-order valence-corrected chi connectivity index (χ1v) is 3.98. The first-order chi connectivity index (χ1) is 6.59. The molecule has 0 N–H and O–H groups in total. The topological polar surface area (TPSA) is 70.8 Å². The molecule has 2 heterocycles. The molecule has 0 saturated carbocycles. The summed E-state index contributed by atoms with van der Waals surface area (Å²) in [6.07, 6.45) is 2.78. The van der Waals surface area contributed by atoms with Gasteiger partial charge in [0.25, 0.3) is 0 Å². The van der Waals surface area contributed by atoms with E-state index in [0.29, 0.717) is 10.8 Å². The van der Waals surface area contributed by atoms with Crippen LogP contribution in [0.15, 0.2) is 22.5 Å².